The molecule has 1 fully saturated rings. The highest BCUT2D eigenvalue weighted by Gasteiger charge is 2.26. The number of aromatic nitrogens is 3. The van der Waals surface area contributed by atoms with Gasteiger partial charge in [0.25, 0.3) is 0 Å². The van der Waals surface area contributed by atoms with E-state index >= 15 is 0 Å². The first-order chi connectivity index (χ1) is 17.5. The molecule has 0 radical (unpaired) electrons. The predicted octanol–water partition coefficient (Wildman–Crippen LogP) is 4.93. The Kier molecular flexibility index (Phi) is 8.28. The predicted molar refractivity (Wildman–Crippen MR) is 143 cm³/mol. The van der Waals surface area contributed by atoms with Gasteiger partial charge in [-0.2, -0.15) is 5.10 Å². The Labute approximate surface area is 212 Å². The number of H-pyrrole nitrogens is 1. The molecule has 0 bridgehead atoms. The summed E-state index contributed by atoms with van der Waals surface area (Å²) in [5.41, 5.74) is 3.84. The summed E-state index contributed by atoms with van der Waals surface area (Å²) in [6.45, 7) is 8.71. The van der Waals surface area contributed by atoms with Crippen molar-refractivity contribution in [1.29, 1.82) is 0 Å². The van der Waals surface area contributed by atoms with Crippen molar-refractivity contribution in [2.24, 2.45) is 0 Å². The largest absolute Gasteiger partial charge is 0.309 e. The van der Waals surface area contributed by atoms with Crippen molar-refractivity contribution in [2.45, 2.75) is 45.4 Å². The van der Waals surface area contributed by atoms with Crippen LogP contribution in [0.4, 0.5) is 11.6 Å². The summed E-state index contributed by atoms with van der Waals surface area (Å²) in [4.78, 5) is 31.6. The van der Waals surface area contributed by atoms with E-state index in [4.69, 9.17) is 0 Å². The minimum absolute atomic E-state index is 0.105. The number of hydrogen-bond acceptors (Lipinski definition) is 5. The van der Waals surface area contributed by atoms with Crippen LogP contribution in [-0.4, -0.2) is 51.5 Å². The first-order valence-corrected chi connectivity index (χ1v) is 12.6. The zero-order chi connectivity index (χ0) is 25.5. The highest BCUT2D eigenvalue weighted by atomic mass is 16.2. The molecule has 1 aromatic carbocycles. The Hall–Kier alpha value is -3.78. The van der Waals surface area contributed by atoms with Gasteiger partial charge in [0.05, 0.1) is 5.92 Å². The van der Waals surface area contributed by atoms with E-state index in [0.717, 1.165) is 42.0 Å². The Morgan fingerprint density at radius 3 is 2.58 bits per heavy atom. The number of hydrogen-bond donors (Lipinski definition) is 3. The molecule has 8 heteroatoms. The molecule has 2 heterocycles. The third-order valence-corrected chi connectivity index (χ3v) is 6.52. The van der Waals surface area contributed by atoms with Crippen molar-refractivity contribution in [1.82, 2.24) is 20.1 Å². The zero-order valence-electron chi connectivity index (χ0n) is 21.1. The molecule has 3 N–H and O–H groups in total. The van der Waals surface area contributed by atoms with Crippen molar-refractivity contribution in [3.05, 3.63) is 72.1 Å². The van der Waals surface area contributed by atoms with E-state index in [-0.39, 0.29) is 17.7 Å². The normalized spacial score (nSPS) is 14.2. The number of nitrogens with zero attached hydrogens (tertiary/aromatic N) is 3. The molecular weight excluding hydrogens is 452 g/mol. The number of amides is 2. The fourth-order valence-corrected chi connectivity index (χ4v) is 3.97. The molecule has 4 rings (SSSR count). The van der Waals surface area contributed by atoms with Crippen molar-refractivity contribution in [3.8, 4) is 11.1 Å². The number of benzene rings is 1. The summed E-state index contributed by atoms with van der Waals surface area (Å²) < 4.78 is 0. The summed E-state index contributed by atoms with van der Waals surface area (Å²) >= 11 is 0. The average Bonchev–Trinajstić information content (AvgIpc) is 3.65. The highest BCUT2D eigenvalue weighted by molar-refractivity contribution is 5.98. The lowest BCUT2D eigenvalue weighted by Gasteiger charge is -2.14. The van der Waals surface area contributed by atoms with Crippen LogP contribution < -0.4 is 10.6 Å². The van der Waals surface area contributed by atoms with Crippen molar-refractivity contribution >= 4 is 23.5 Å². The summed E-state index contributed by atoms with van der Waals surface area (Å²) in [5.74, 6) is 0.955. The summed E-state index contributed by atoms with van der Waals surface area (Å²) in [6.07, 6.45) is 7.48. The number of nitrogens with one attached hydrogen (secondary N) is 3. The third kappa shape index (κ3) is 6.66. The monoisotopic (exact) mass is 486 g/mol. The van der Waals surface area contributed by atoms with Crippen LogP contribution in [0.3, 0.4) is 0 Å². The van der Waals surface area contributed by atoms with E-state index in [1.165, 1.54) is 12.8 Å². The first-order valence-electron chi connectivity index (χ1n) is 12.6. The number of pyridine rings is 1. The van der Waals surface area contributed by atoms with Gasteiger partial charge in [-0.05, 0) is 56.1 Å². The second-order valence-corrected chi connectivity index (χ2v) is 9.13. The van der Waals surface area contributed by atoms with E-state index in [1.807, 2.05) is 49.4 Å². The summed E-state index contributed by atoms with van der Waals surface area (Å²) in [7, 11) is 0. The molecule has 1 saturated carbocycles. The Bertz CT molecular complexity index is 1210. The van der Waals surface area contributed by atoms with Gasteiger partial charge >= 0.3 is 0 Å². The van der Waals surface area contributed by atoms with E-state index in [9.17, 15) is 9.59 Å². The van der Waals surface area contributed by atoms with Gasteiger partial charge in [-0.1, -0.05) is 44.2 Å². The molecular formula is C28H34N6O2. The molecule has 2 aromatic heterocycles. The SMILES string of the molecule is CCN(CC)CC=CC(=O)Nc1ccc(-c2cccc(C(C)C(=O)Nc3cc(C4CC4)[nH]n3)c2)cn1. The lowest BCUT2D eigenvalue weighted by molar-refractivity contribution is -0.117. The molecule has 8 nitrogen and oxygen atoms in total. The number of carbonyl (C=O) groups is 2. The molecule has 0 aliphatic heterocycles. The number of likely N-dealkylation sites (N-methyl/N-ethyl adjacent to an activating group) is 1. The Balaban J connectivity index is 1.35. The number of carbonyl (C=O) groups excluding carboxylic acids is 2. The Morgan fingerprint density at radius 2 is 1.89 bits per heavy atom. The van der Waals surface area contributed by atoms with Crippen LogP contribution in [0, 0.1) is 0 Å². The van der Waals surface area contributed by atoms with Crippen LogP contribution in [0.5, 0.6) is 0 Å². The second-order valence-electron chi connectivity index (χ2n) is 9.13. The number of aromatic amines is 1. The van der Waals surface area contributed by atoms with E-state index in [1.54, 1.807) is 18.3 Å². The Morgan fingerprint density at radius 1 is 1.08 bits per heavy atom. The quantitative estimate of drug-likeness (QED) is 0.334. The maximum atomic E-state index is 12.8. The maximum absolute atomic E-state index is 12.8. The first kappa shape index (κ1) is 25.3. The third-order valence-electron chi connectivity index (χ3n) is 6.52. The minimum atomic E-state index is -0.347. The smallest absolute Gasteiger partial charge is 0.249 e. The lowest BCUT2D eigenvalue weighted by Crippen LogP contribution is -2.23. The van der Waals surface area contributed by atoms with Crippen molar-refractivity contribution < 1.29 is 9.59 Å². The maximum Gasteiger partial charge on any atom is 0.249 e. The van der Waals surface area contributed by atoms with Crippen LogP contribution >= 0.6 is 0 Å². The number of anilines is 2. The second kappa shape index (κ2) is 11.8. The molecule has 0 spiro atoms. The fraction of sp³-hybridized carbons (Fsp3) is 0.357. The molecule has 1 aliphatic carbocycles. The molecule has 2 amide bonds. The van der Waals surface area contributed by atoms with Gasteiger partial charge in [0.1, 0.15) is 5.82 Å². The van der Waals surface area contributed by atoms with Crippen molar-refractivity contribution in [2.75, 3.05) is 30.3 Å². The van der Waals surface area contributed by atoms with Gasteiger partial charge in [0, 0.05) is 42.1 Å². The van der Waals surface area contributed by atoms with Crippen LogP contribution in [0.1, 0.15) is 56.7 Å². The molecule has 36 heavy (non-hydrogen) atoms. The molecule has 1 aliphatic rings. The average molecular weight is 487 g/mol. The van der Waals surface area contributed by atoms with Crippen LogP contribution in [0.2, 0.25) is 0 Å². The van der Waals surface area contributed by atoms with Crippen LogP contribution in [0.15, 0.2) is 60.8 Å². The lowest BCUT2D eigenvalue weighted by atomic mass is 9.96. The van der Waals surface area contributed by atoms with Gasteiger partial charge in [0.2, 0.25) is 11.8 Å². The molecule has 188 valence electrons. The fourth-order valence-electron chi connectivity index (χ4n) is 3.97. The summed E-state index contributed by atoms with van der Waals surface area (Å²) in [6, 6.07) is 13.5. The molecule has 3 aromatic rings. The van der Waals surface area contributed by atoms with Crippen LogP contribution in [0.25, 0.3) is 11.1 Å². The molecule has 1 atom stereocenters. The zero-order valence-corrected chi connectivity index (χ0v) is 21.1. The van der Waals surface area contributed by atoms with Gasteiger partial charge in [-0.3, -0.25) is 14.7 Å². The van der Waals surface area contributed by atoms with Gasteiger partial charge in [0.15, 0.2) is 5.82 Å². The highest BCUT2D eigenvalue weighted by Crippen LogP contribution is 2.39. The molecule has 0 saturated heterocycles. The number of rotatable bonds is 11. The van der Waals surface area contributed by atoms with Crippen LogP contribution in [-0.2, 0) is 9.59 Å². The minimum Gasteiger partial charge on any atom is -0.309 e. The van der Waals surface area contributed by atoms with E-state index < -0.39 is 0 Å². The topological polar surface area (TPSA) is 103 Å². The van der Waals surface area contributed by atoms with Gasteiger partial charge in [-0.15, -0.1) is 0 Å². The van der Waals surface area contributed by atoms with Gasteiger partial charge < -0.3 is 15.5 Å². The van der Waals surface area contributed by atoms with E-state index in [0.29, 0.717) is 17.6 Å². The van der Waals surface area contributed by atoms with Crippen molar-refractivity contribution in [3.63, 3.8) is 0 Å². The summed E-state index contributed by atoms with van der Waals surface area (Å²) in [5, 5.41) is 12.9. The molecule has 1 unspecified atom stereocenters. The van der Waals surface area contributed by atoms with Gasteiger partial charge in [-0.25, -0.2) is 4.98 Å². The standard InChI is InChI=1S/C28H34N6O2/c1-4-34(5-2)15-7-10-27(35)30-25-14-13-23(18-29-25)22-9-6-8-21(16-22)19(3)28(36)31-26-17-24(32-33-26)20-11-12-20/h6-10,13-14,16-20H,4-5,11-12,15H2,1-3H3,(H,29,30,35)(H2,31,32,33,36). The van der Waals surface area contributed by atoms with E-state index in [2.05, 4.69) is 44.6 Å².